The Bertz CT molecular complexity index is 981. The zero-order valence-corrected chi connectivity index (χ0v) is 17.0. The molecule has 1 aliphatic heterocycles. The maximum atomic E-state index is 13.7. The van der Waals surface area contributed by atoms with Crippen LogP contribution < -0.4 is 5.32 Å². The number of rotatable bonds is 6. The van der Waals surface area contributed by atoms with E-state index in [9.17, 15) is 23.2 Å². The lowest BCUT2D eigenvalue weighted by Gasteiger charge is -2.28. The van der Waals surface area contributed by atoms with Gasteiger partial charge in [-0.05, 0) is 44.0 Å². The molecule has 2 aromatic carbocycles. The summed E-state index contributed by atoms with van der Waals surface area (Å²) in [5.74, 6) is -3.28. The van der Waals surface area contributed by atoms with Gasteiger partial charge in [0.2, 0.25) is 5.91 Å². The maximum Gasteiger partial charge on any atom is 0.325 e. The largest absolute Gasteiger partial charge is 0.334 e. The van der Waals surface area contributed by atoms with E-state index >= 15 is 0 Å². The van der Waals surface area contributed by atoms with Crippen molar-refractivity contribution in [3.05, 3.63) is 71.3 Å². The minimum atomic E-state index is -1.59. The van der Waals surface area contributed by atoms with Crippen LogP contribution in [0.4, 0.5) is 13.6 Å². The minimum Gasteiger partial charge on any atom is -0.334 e. The second-order valence-corrected chi connectivity index (χ2v) is 7.68. The molecule has 0 radical (unpaired) electrons. The molecule has 0 aliphatic carbocycles. The number of carbonyl (C=O) groups is 3. The summed E-state index contributed by atoms with van der Waals surface area (Å²) in [7, 11) is 0. The maximum absolute atomic E-state index is 13.7. The molecule has 30 heavy (non-hydrogen) atoms. The molecule has 1 fully saturated rings. The normalized spacial score (nSPS) is 18.7. The van der Waals surface area contributed by atoms with Crippen LogP contribution in [0, 0.1) is 11.6 Å². The van der Waals surface area contributed by atoms with Crippen LogP contribution in [0.3, 0.4) is 0 Å². The van der Waals surface area contributed by atoms with Crippen molar-refractivity contribution in [3.63, 3.8) is 0 Å². The van der Waals surface area contributed by atoms with E-state index in [-0.39, 0.29) is 11.6 Å². The van der Waals surface area contributed by atoms with Gasteiger partial charge in [0, 0.05) is 12.6 Å². The van der Waals surface area contributed by atoms with E-state index in [0.717, 1.165) is 22.6 Å². The molecular formula is C22H23F2N3O3. The van der Waals surface area contributed by atoms with Gasteiger partial charge in [0.05, 0.1) is 0 Å². The molecule has 0 spiro atoms. The lowest BCUT2D eigenvalue weighted by atomic mass is 9.92. The number of hydrogen-bond acceptors (Lipinski definition) is 3. The van der Waals surface area contributed by atoms with Crippen molar-refractivity contribution in [1.29, 1.82) is 0 Å². The van der Waals surface area contributed by atoms with E-state index in [1.807, 2.05) is 44.2 Å². The number of urea groups is 1. The summed E-state index contributed by atoms with van der Waals surface area (Å²) in [4.78, 5) is 40.8. The summed E-state index contributed by atoms with van der Waals surface area (Å²) in [5.41, 5.74) is -0.573. The summed E-state index contributed by atoms with van der Waals surface area (Å²) in [6, 6.07) is 11.5. The molecule has 3 rings (SSSR count). The molecule has 4 amide bonds. The Labute approximate surface area is 173 Å². The summed E-state index contributed by atoms with van der Waals surface area (Å²) >= 11 is 0. The third kappa shape index (κ3) is 4.03. The zero-order chi connectivity index (χ0) is 22.1. The molecule has 2 aromatic rings. The number of amides is 4. The van der Waals surface area contributed by atoms with Gasteiger partial charge in [0.15, 0.2) is 11.6 Å². The first-order chi connectivity index (χ1) is 14.1. The Kier molecular flexibility index (Phi) is 5.87. The fourth-order valence-corrected chi connectivity index (χ4v) is 3.41. The highest BCUT2D eigenvalue weighted by molar-refractivity contribution is 6.09. The average Bonchev–Trinajstić information content (AvgIpc) is 2.92. The molecular weight excluding hydrogens is 392 g/mol. The van der Waals surface area contributed by atoms with Crippen molar-refractivity contribution >= 4 is 17.8 Å². The predicted octanol–water partition coefficient (Wildman–Crippen LogP) is 3.17. The molecule has 8 heteroatoms. The highest BCUT2D eigenvalue weighted by atomic mass is 19.2. The predicted molar refractivity (Wildman–Crippen MR) is 106 cm³/mol. The molecule has 1 aliphatic rings. The van der Waals surface area contributed by atoms with Crippen molar-refractivity contribution in [3.8, 4) is 0 Å². The molecule has 6 nitrogen and oxygen atoms in total. The smallest absolute Gasteiger partial charge is 0.325 e. The fourth-order valence-electron chi connectivity index (χ4n) is 3.41. The van der Waals surface area contributed by atoms with Gasteiger partial charge in [-0.2, -0.15) is 0 Å². The van der Waals surface area contributed by atoms with Crippen LogP contribution in [0.5, 0.6) is 0 Å². The van der Waals surface area contributed by atoms with Crippen LogP contribution in [0.2, 0.25) is 0 Å². The first-order valence-corrected chi connectivity index (χ1v) is 9.56. The number of halogens is 2. The van der Waals surface area contributed by atoms with E-state index in [2.05, 4.69) is 5.32 Å². The summed E-state index contributed by atoms with van der Waals surface area (Å²) in [6.45, 7) is 4.97. The quantitative estimate of drug-likeness (QED) is 0.737. The Morgan fingerprint density at radius 3 is 2.37 bits per heavy atom. The summed E-state index contributed by atoms with van der Waals surface area (Å²) in [6.07, 6.45) is 0. The first kappa shape index (κ1) is 21.4. The Balaban J connectivity index is 1.80. The number of benzene rings is 2. The van der Waals surface area contributed by atoms with Gasteiger partial charge in [-0.15, -0.1) is 0 Å². The van der Waals surface area contributed by atoms with Gasteiger partial charge in [0.1, 0.15) is 12.1 Å². The molecule has 1 atom stereocenters. The van der Waals surface area contributed by atoms with Crippen LogP contribution >= 0.6 is 0 Å². The standard InChI is InChI=1S/C22H23F2N3O3/c1-14(2)26(12-15-7-5-4-6-8-15)19(28)13-27-20(29)22(3,25-21(27)30)16-9-10-17(23)18(24)11-16/h4-11,14H,12-13H2,1-3H3,(H,25,30). The highest BCUT2D eigenvalue weighted by Gasteiger charge is 2.50. The number of nitrogens with one attached hydrogen (secondary N) is 1. The monoisotopic (exact) mass is 415 g/mol. The van der Waals surface area contributed by atoms with Gasteiger partial charge in [-0.3, -0.25) is 14.5 Å². The van der Waals surface area contributed by atoms with Crippen molar-refractivity contribution in [2.24, 2.45) is 0 Å². The molecule has 1 saturated heterocycles. The second-order valence-electron chi connectivity index (χ2n) is 7.68. The molecule has 158 valence electrons. The van der Waals surface area contributed by atoms with Crippen molar-refractivity contribution in [2.45, 2.75) is 38.9 Å². The van der Waals surface area contributed by atoms with Crippen molar-refractivity contribution < 1.29 is 23.2 Å². The molecule has 1 N–H and O–H groups in total. The van der Waals surface area contributed by atoms with Gasteiger partial charge in [-0.25, -0.2) is 13.6 Å². The van der Waals surface area contributed by atoms with E-state index in [0.29, 0.717) is 6.54 Å². The van der Waals surface area contributed by atoms with Crippen molar-refractivity contribution in [2.75, 3.05) is 6.54 Å². The number of imide groups is 1. The summed E-state index contributed by atoms with van der Waals surface area (Å²) in [5, 5.41) is 2.49. The Hall–Kier alpha value is -3.29. The van der Waals surface area contributed by atoms with Crippen LogP contribution in [-0.2, 0) is 21.7 Å². The van der Waals surface area contributed by atoms with Crippen molar-refractivity contribution in [1.82, 2.24) is 15.1 Å². The van der Waals surface area contributed by atoms with Crippen LogP contribution in [0.15, 0.2) is 48.5 Å². The molecule has 1 heterocycles. The fraction of sp³-hybridized carbons (Fsp3) is 0.318. The SMILES string of the molecule is CC(C)N(Cc1ccccc1)C(=O)CN1C(=O)NC(C)(c2ccc(F)c(F)c2)C1=O. The molecule has 0 bridgehead atoms. The molecule has 0 aromatic heterocycles. The molecule has 0 saturated carbocycles. The van der Waals surface area contributed by atoms with E-state index in [1.54, 1.807) is 4.90 Å². The van der Waals surface area contributed by atoms with E-state index in [1.165, 1.54) is 13.0 Å². The number of carbonyl (C=O) groups excluding carboxylic acids is 3. The van der Waals surface area contributed by atoms with Gasteiger partial charge >= 0.3 is 6.03 Å². The number of nitrogens with zero attached hydrogens (tertiary/aromatic N) is 2. The van der Waals surface area contributed by atoms with E-state index < -0.39 is 41.6 Å². The topological polar surface area (TPSA) is 69.7 Å². The van der Waals surface area contributed by atoms with Gasteiger partial charge in [-0.1, -0.05) is 36.4 Å². The Morgan fingerprint density at radius 2 is 1.77 bits per heavy atom. The zero-order valence-electron chi connectivity index (χ0n) is 17.0. The van der Waals surface area contributed by atoms with Crippen LogP contribution in [0.25, 0.3) is 0 Å². The summed E-state index contributed by atoms with van der Waals surface area (Å²) < 4.78 is 26.9. The minimum absolute atomic E-state index is 0.0969. The molecule has 1 unspecified atom stereocenters. The van der Waals surface area contributed by atoms with E-state index in [4.69, 9.17) is 0 Å². The van der Waals surface area contributed by atoms with Gasteiger partial charge in [0.25, 0.3) is 5.91 Å². The highest BCUT2D eigenvalue weighted by Crippen LogP contribution is 2.30. The average molecular weight is 415 g/mol. The lowest BCUT2D eigenvalue weighted by Crippen LogP contribution is -2.46. The third-order valence-electron chi connectivity index (χ3n) is 5.20. The second kappa shape index (κ2) is 8.22. The Morgan fingerprint density at radius 1 is 1.10 bits per heavy atom. The lowest BCUT2D eigenvalue weighted by molar-refractivity contribution is -0.140. The number of hydrogen-bond donors (Lipinski definition) is 1. The third-order valence-corrected chi connectivity index (χ3v) is 5.20. The van der Waals surface area contributed by atoms with Gasteiger partial charge < -0.3 is 10.2 Å². The first-order valence-electron chi connectivity index (χ1n) is 9.56. The van der Waals surface area contributed by atoms with Crippen LogP contribution in [0.1, 0.15) is 31.9 Å². The van der Waals surface area contributed by atoms with Crippen LogP contribution in [-0.4, -0.2) is 40.2 Å².